The average molecular weight is 479 g/mol. The van der Waals surface area contributed by atoms with Gasteiger partial charge >= 0.3 is 0 Å². The van der Waals surface area contributed by atoms with E-state index >= 15 is 0 Å². The molecule has 0 aliphatic heterocycles. The van der Waals surface area contributed by atoms with E-state index in [1.165, 1.54) is 18.3 Å². The molecule has 0 aliphatic carbocycles. The summed E-state index contributed by atoms with van der Waals surface area (Å²) in [6, 6.07) is 12.4. The van der Waals surface area contributed by atoms with Crippen LogP contribution in [-0.4, -0.2) is 39.5 Å². The van der Waals surface area contributed by atoms with E-state index in [0.29, 0.717) is 16.9 Å². The number of pyridine rings is 1. The molecule has 1 aromatic carbocycles. The van der Waals surface area contributed by atoms with Gasteiger partial charge in [0, 0.05) is 11.8 Å². The number of rotatable bonds is 8. The van der Waals surface area contributed by atoms with Crippen LogP contribution in [0.5, 0.6) is 0 Å². The number of primary amides is 1. The third kappa shape index (κ3) is 5.29. The maximum absolute atomic E-state index is 13.4. The molecule has 8 nitrogen and oxygen atoms in total. The lowest BCUT2D eigenvalue weighted by atomic mass is 10.1. The molecule has 0 fully saturated rings. The zero-order valence-electron chi connectivity index (χ0n) is 18.4. The minimum absolute atomic E-state index is 0.0991. The molecule has 2 aromatic heterocycles. The minimum Gasteiger partial charge on any atom is -0.366 e. The van der Waals surface area contributed by atoms with Crippen LogP contribution >= 0.6 is 11.6 Å². The molecule has 0 saturated heterocycles. The molecule has 3 rings (SSSR count). The highest BCUT2D eigenvalue weighted by molar-refractivity contribution is 7.89. The van der Waals surface area contributed by atoms with E-state index in [-0.39, 0.29) is 6.61 Å². The fourth-order valence-corrected chi connectivity index (χ4v) is 5.94. The second-order valence-corrected chi connectivity index (χ2v) is 11.4. The number of sulfonamides is 1. The first kappa shape index (κ1) is 24.2. The summed E-state index contributed by atoms with van der Waals surface area (Å²) in [7, 11) is -3.96. The molecule has 0 radical (unpaired) electrons. The lowest BCUT2D eigenvalue weighted by Gasteiger charge is -2.35. The van der Waals surface area contributed by atoms with E-state index in [1.54, 1.807) is 38.3 Å². The minimum atomic E-state index is -3.96. The van der Waals surface area contributed by atoms with Gasteiger partial charge in [-0.1, -0.05) is 34.8 Å². The number of carbonyl (C=O) groups is 1. The smallest absolute Gasteiger partial charge is 0.248 e. The second kappa shape index (κ2) is 8.82. The van der Waals surface area contributed by atoms with Crippen molar-refractivity contribution < 1.29 is 18.0 Å². The Bertz CT molecular complexity index is 1220. The van der Waals surface area contributed by atoms with E-state index in [2.05, 4.69) is 4.98 Å². The SMILES string of the molecule is CC(Cl)(CS(=O)(=O)N(OCc1ccccc1)C(C)(C)C)c1cnc2cc(C(N)=O)ccn12. The van der Waals surface area contributed by atoms with Crippen molar-refractivity contribution >= 4 is 33.2 Å². The highest BCUT2D eigenvalue weighted by Crippen LogP contribution is 2.33. The van der Waals surface area contributed by atoms with Gasteiger partial charge in [-0.3, -0.25) is 9.63 Å². The molecule has 0 spiro atoms. The molecular formula is C22H27ClN4O4S. The van der Waals surface area contributed by atoms with Gasteiger partial charge in [0.25, 0.3) is 0 Å². The molecule has 0 saturated carbocycles. The van der Waals surface area contributed by atoms with E-state index in [1.807, 2.05) is 30.3 Å². The van der Waals surface area contributed by atoms with Crippen molar-refractivity contribution in [1.29, 1.82) is 0 Å². The maximum atomic E-state index is 13.4. The summed E-state index contributed by atoms with van der Waals surface area (Å²) in [5.74, 6) is -1.01. The summed E-state index contributed by atoms with van der Waals surface area (Å²) in [5, 5.41) is 0. The summed E-state index contributed by atoms with van der Waals surface area (Å²) in [6.45, 7) is 6.96. The van der Waals surface area contributed by atoms with Gasteiger partial charge in [-0.25, -0.2) is 13.4 Å². The molecule has 2 N–H and O–H groups in total. The van der Waals surface area contributed by atoms with Gasteiger partial charge in [0.15, 0.2) is 0 Å². The standard InChI is InChI=1S/C22H27ClN4O4S/c1-21(2,3)27(31-14-16-8-6-5-7-9-16)32(29,30)15-22(4,23)18-13-25-19-12-17(20(24)28)10-11-26(18)19/h5-13H,14-15H2,1-4H3,(H2,24,28). The maximum Gasteiger partial charge on any atom is 0.248 e. The van der Waals surface area contributed by atoms with E-state index in [9.17, 15) is 13.2 Å². The van der Waals surface area contributed by atoms with Crippen molar-refractivity contribution in [1.82, 2.24) is 13.9 Å². The molecule has 1 unspecified atom stereocenters. The summed E-state index contributed by atoms with van der Waals surface area (Å²) in [4.78, 5) is 20.1. The molecule has 172 valence electrons. The highest BCUT2D eigenvalue weighted by Gasteiger charge is 2.41. The summed E-state index contributed by atoms with van der Waals surface area (Å²) in [6.07, 6.45) is 3.09. The molecule has 1 amide bonds. The number of nitrogens with two attached hydrogens (primary N) is 1. The Morgan fingerprint density at radius 1 is 1.19 bits per heavy atom. The largest absolute Gasteiger partial charge is 0.366 e. The number of alkyl halides is 1. The Kier molecular flexibility index (Phi) is 6.67. The van der Waals surface area contributed by atoms with Crippen molar-refractivity contribution in [2.75, 3.05) is 5.75 Å². The van der Waals surface area contributed by atoms with E-state index in [4.69, 9.17) is 22.2 Å². The number of halogens is 1. The van der Waals surface area contributed by atoms with Crippen LogP contribution in [0.25, 0.3) is 5.65 Å². The van der Waals surface area contributed by atoms with Gasteiger partial charge in [-0.15, -0.1) is 11.6 Å². The van der Waals surface area contributed by atoms with Crippen LogP contribution in [0.2, 0.25) is 0 Å². The molecule has 1 atom stereocenters. The Hall–Kier alpha value is -2.46. The molecular weight excluding hydrogens is 452 g/mol. The Morgan fingerprint density at radius 2 is 1.84 bits per heavy atom. The zero-order chi connectivity index (χ0) is 23.7. The Morgan fingerprint density at radius 3 is 2.44 bits per heavy atom. The summed E-state index contributed by atoms with van der Waals surface area (Å²) >= 11 is 6.77. The Balaban J connectivity index is 1.89. The fourth-order valence-electron chi connectivity index (χ4n) is 3.39. The number of hydrogen-bond donors (Lipinski definition) is 1. The third-order valence-corrected chi connectivity index (χ3v) is 7.36. The van der Waals surface area contributed by atoms with Crippen molar-refractivity contribution in [3.05, 3.63) is 71.7 Å². The van der Waals surface area contributed by atoms with Crippen LogP contribution in [0.4, 0.5) is 0 Å². The van der Waals surface area contributed by atoms with Gasteiger partial charge in [0.05, 0.1) is 34.7 Å². The van der Waals surface area contributed by atoms with Gasteiger partial charge < -0.3 is 10.1 Å². The van der Waals surface area contributed by atoms with Gasteiger partial charge in [-0.05, 0) is 45.4 Å². The lowest BCUT2D eigenvalue weighted by Crippen LogP contribution is -2.48. The van der Waals surface area contributed by atoms with E-state index in [0.717, 1.165) is 10.0 Å². The fraction of sp³-hybridized carbons (Fsp3) is 0.364. The summed E-state index contributed by atoms with van der Waals surface area (Å²) < 4.78 is 29.5. The number of fused-ring (bicyclic) bond motifs is 1. The van der Waals surface area contributed by atoms with Crippen molar-refractivity contribution in [2.24, 2.45) is 5.73 Å². The van der Waals surface area contributed by atoms with Crippen molar-refractivity contribution in [2.45, 2.75) is 44.7 Å². The number of hydroxylamine groups is 1. The lowest BCUT2D eigenvalue weighted by molar-refractivity contribution is -0.146. The predicted octanol–water partition coefficient (Wildman–Crippen LogP) is 3.45. The molecule has 0 bridgehead atoms. The van der Waals surface area contributed by atoms with Gasteiger partial charge in [0.1, 0.15) is 5.65 Å². The predicted molar refractivity (Wildman–Crippen MR) is 124 cm³/mol. The Labute approximate surface area is 193 Å². The topological polar surface area (TPSA) is 107 Å². The number of aromatic nitrogens is 2. The second-order valence-electron chi connectivity index (χ2n) is 8.76. The number of carbonyl (C=O) groups excluding carboxylic acids is 1. The number of benzene rings is 1. The number of hydrogen-bond acceptors (Lipinski definition) is 5. The quantitative estimate of drug-likeness (QED) is 0.394. The summed E-state index contributed by atoms with van der Waals surface area (Å²) in [5.41, 5.74) is 6.53. The van der Waals surface area contributed by atoms with E-state index < -0.39 is 32.1 Å². The van der Waals surface area contributed by atoms with Crippen LogP contribution in [0.15, 0.2) is 54.9 Å². The number of nitrogens with zero attached hydrogens (tertiary/aromatic N) is 3. The van der Waals surface area contributed by atoms with Crippen LogP contribution < -0.4 is 5.73 Å². The molecule has 3 aromatic rings. The number of amides is 1. The first-order valence-corrected chi connectivity index (χ1v) is 12.0. The van der Waals surface area contributed by atoms with Crippen LogP contribution in [0, 0.1) is 0 Å². The third-order valence-electron chi connectivity index (χ3n) is 4.78. The van der Waals surface area contributed by atoms with Crippen molar-refractivity contribution in [3.8, 4) is 0 Å². The van der Waals surface area contributed by atoms with Gasteiger partial charge in [0.2, 0.25) is 15.9 Å². The molecule has 0 aliphatic rings. The molecule has 32 heavy (non-hydrogen) atoms. The van der Waals surface area contributed by atoms with Crippen LogP contribution in [0.1, 0.15) is 49.3 Å². The van der Waals surface area contributed by atoms with Crippen molar-refractivity contribution in [3.63, 3.8) is 0 Å². The first-order valence-electron chi connectivity index (χ1n) is 9.97. The normalized spacial score (nSPS) is 14.6. The molecule has 10 heteroatoms. The average Bonchev–Trinajstić information content (AvgIpc) is 3.11. The highest BCUT2D eigenvalue weighted by atomic mass is 35.5. The van der Waals surface area contributed by atoms with Crippen LogP contribution in [0.3, 0.4) is 0 Å². The zero-order valence-corrected chi connectivity index (χ0v) is 20.0. The monoisotopic (exact) mass is 478 g/mol. The van der Waals surface area contributed by atoms with Gasteiger partial charge in [-0.2, -0.15) is 0 Å². The molecule has 2 heterocycles. The number of imidazole rings is 1. The van der Waals surface area contributed by atoms with Crippen LogP contribution in [-0.2, 0) is 26.3 Å². The first-order chi connectivity index (χ1) is 14.8.